The molecule has 0 saturated heterocycles. The average molecular weight is 418 g/mol. The Morgan fingerprint density at radius 3 is 2.33 bits per heavy atom. The summed E-state index contributed by atoms with van der Waals surface area (Å²) in [5, 5.41) is 24.1. The van der Waals surface area contributed by atoms with E-state index in [1.165, 1.54) is 0 Å². The quantitative estimate of drug-likeness (QED) is 0.320. The number of carboxylic acid groups (broad SMARTS) is 2. The third-order valence-corrected chi connectivity index (χ3v) is 4.69. The molecule has 0 spiro atoms. The Kier molecular flexibility index (Phi) is 7.54. The maximum absolute atomic E-state index is 12.7. The van der Waals surface area contributed by atoms with Crippen LogP contribution in [0.2, 0.25) is 0 Å². The molecule has 1 aromatic heterocycles. The molecule has 2 rings (SSSR count). The molecule has 0 fully saturated rings. The topological polar surface area (TPSA) is 175 Å². The van der Waals surface area contributed by atoms with E-state index in [4.69, 9.17) is 10.8 Å². The van der Waals surface area contributed by atoms with E-state index >= 15 is 0 Å². The van der Waals surface area contributed by atoms with Gasteiger partial charge in [-0.15, -0.1) is 0 Å². The summed E-state index contributed by atoms with van der Waals surface area (Å²) in [6.07, 6.45) is 1.15. The fourth-order valence-electron chi connectivity index (χ4n) is 3.06. The summed E-state index contributed by atoms with van der Waals surface area (Å²) in [6, 6.07) is 3.78. The van der Waals surface area contributed by atoms with Crippen molar-refractivity contribution in [1.82, 2.24) is 15.6 Å². The summed E-state index contributed by atoms with van der Waals surface area (Å²) in [4.78, 5) is 50.4. The fraction of sp³-hybridized carbons (Fsp3) is 0.400. The lowest BCUT2D eigenvalue weighted by Gasteiger charge is -2.25. The SMILES string of the molecule is CC(C)C(NC(=O)C(N)CC(=O)O)C(=O)NC(Cc1c[nH]c2ccccc12)C(=O)O. The first-order valence-corrected chi connectivity index (χ1v) is 9.46. The summed E-state index contributed by atoms with van der Waals surface area (Å²) in [6.45, 7) is 3.34. The van der Waals surface area contributed by atoms with E-state index in [9.17, 15) is 24.3 Å². The maximum atomic E-state index is 12.7. The number of hydrogen-bond donors (Lipinski definition) is 6. The number of benzene rings is 1. The molecule has 0 aliphatic carbocycles. The third kappa shape index (κ3) is 5.80. The second-order valence-corrected chi connectivity index (χ2v) is 7.40. The van der Waals surface area contributed by atoms with Crippen LogP contribution in [0.25, 0.3) is 10.9 Å². The zero-order valence-corrected chi connectivity index (χ0v) is 16.7. The normalized spacial score (nSPS) is 14.1. The zero-order valence-electron chi connectivity index (χ0n) is 16.7. The number of carboxylic acids is 2. The molecule has 10 nitrogen and oxygen atoms in total. The Morgan fingerprint density at radius 1 is 1.07 bits per heavy atom. The van der Waals surface area contributed by atoms with Gasteiger partial charge in [0.15, 0.2) is 0 Å². The minimum absolute atomic E-state index is 0.0440. The molecule has 0 aliphatic heterocycles. The molecule has 2 aromatic rings. The number of rotatable bonds is 10. The number of aliphatic carboxylic acids is 2. The minimum Gasteiger partial charge on any atom is -0.481 e. The van der Waals surface area contributed by atoms with Crippen LogP contribution in [0.15, 0.2) is 30.5 Å². The largest absolute Gasteiger partial charge is 0.481 e. The first-order valence-electron chi connectivity index (χ1n) is 9.46. The number of nitrogens with one attached hydrogen (secondary N) is 3. The Morgan fingerprint density at radius 2 is 1.73 bits per heavy atom. The van der Waals surface area contributed by atoms with E-state index in [1.807, 2.05) is 24.3 Å². The van der Waals surface area contributed by atoms with Gasteiger partial charge >= 0.3 is 11.9 Å². The lowest BCUT2D eigenvalue weighted by atomic mass is 10.0. The molecule has 1 heterocycles. The van der Waals surface area contributed by atoms with Crippen molar-refractivity contribution in [2.24, 2.45) is 11.7 Å². The number of carbonyl (C=O) groups excluding carboxylic acids is 2. The summed E-state index contributed by atoms with van der Waals surface area (Å²) >= 11 is 0. The van der Waals surface area contributed by atoms with Gasteiger partial charge in [0, 0.05) is 23.5 Å². The molecule has 0 saturated carbocycles. The maximum Gasteiger partial charge on any atom is 0.326 e. The van der Waals surface area contributed by atoms with E-state index in [0.717, 1.165) is 16.5 Å². The average Bonchev–Trinajstić information content (AvgIpc) is 3.07. The monoisotopic (exact) mass is 418 g/mol. The molecule has 3 unspecified atom stereocenters. The highest BCUT2D eigenvalue weighted by atomic mass is 16.4. The van der Waals surface area contributed by atoms with Gasteiger partial charge in [-0.25, -0.2) is 4.79 Å². The molecule has 0 bridgehead atoms. The van der Waals surface area contributed by atoms with Gasteiger partial charge in [-0.3, -0.25) is 14.4 Å². The van der Waals surface area contributed by atoms with Crippen LogP contribution in [0, 0.1) is 5.92 Å². The predicted molar refractivity (Wildman–Crippen MR) is 109 cm³/mol. The second-order valence-electron chi connectivity index (χ2n) is 7.40. The number of nitrogens with two attached hydrogens (primary N) is 1. The van der Waals surface area contributed by atoms with Crippen molar-refractivity contribution in [2.75, 3.05) is 0 Å². The molecule has 7 N–H and O–H groups in total. The number of fused-ring (bicyclic) bond motifs is 1. The lowest BCUT2D eigenvalue weighted by Crippen LogP contribution is -2.56. The van der Waals surface area contributed by atoms with Crippen LogP contribution in [0.4, 0.5) is 0 Å². The van der Waals surface area contributed by atoms with Crippen LogP contribution in [-0.2, 0) is 25.6 Å². The van der Waals surface area contributed by atoms with Gasteiger partial charge in [-0.1, -0.05) is 32.0 Å². The van der Waals surface area contributed by atoms with Crippen molar-refractivity contribution in [2.45, 2.75) is 44.8 Å². The van der Waals surface area contributed by atoms with Crippen molar-refractivity contribution in [3.8, 4) is 0 Å². The highest BCUT2D eigenvalue weighted by molar-refractivity contribution is 5.93. The Bertz CT molecular complexity index is 938. The standard InChI is InChI=1S/C20H26N4O6/c1-10(2)17(24-18(27)13(21)8-16(25)26)19(28)23-15(20(29)30)7-11-9-22-14-6-4-3-5-12(11)14/h3-6,9-10,13,15,17,22H,7-8,21H2,1-2H3,(H,23,28)(H,24,27)(H,25,26)(H,29,30). The molecule has 3 atom stereocenters. The highest BCUT2D eigenvalue weighted by Crippen LogP contribution is 2.19. The number of hydrogen-bond acceptors (Lipinski definition) is 5. The number of aromatic nitrogens is 1. The van der Waals surface area contributed by atoms with E-state index in [0.29, 0.717) is 0 Å². The molecule has 162 valence electrons. The van der Waals surface area contributed by atoms with E-state index < -0.39 is 48.3 Å². The lowest BCUT2D eigenvalue weighted by molar-refractivity contribution is -0.143. The molecule has 2 amide bonds. The van der Waals surface area contributed by atoms with E-state index in [2.05, 4.69) is 15.6 Å². The first-order chi connectivity index (χ1) is 14.1. The minimum atomic E-state index is -1.32. The Labute approximate surface area is 172 Å². The number of carbonyl (C=O) groups is 4. The predicted octanol–water partition coefficient (Wildman–Crippen LogP) is 0.223. The van der Waals surface area contributed by atoms with Gasteiger partial charge in [0.1, 0.15) is 12.1 Å². The summed E-state index contributed by atoms with van der Waals surface area (Å²) in [5.41, 5.74) is 7.12. The van der Waals surface area contributed by atoms with Crippen LogP contribution in [-0.4, -0.2) is 57.1 Å². The molecule has 0 aliphatic rings. The Balaban J connectivity index is 2.12. The van der Waals surface area contributed by atoms with Crippen LogP contribution in [0.3, 0.4) is 0 Å². The van der Waals surface area contributed by atoms with Gasteiger partial charge in [-0.2, -0.15) is 0 Å². The van der Waals surface area contributed by atoms with Gasteiger partial charge in [-0.05, 0) is 17.5 Å². The molecular weight excluding hydrogens is 392 g/mol. The van der Waals surface area contributed by atoms with Crippen LogP contribution in [0.1, 0.15) is 25.8 Å². The molecule has 10 heteroatoms. The first kappa shape index (κ1) is 22.9. The second kappa shape index (κ2) is 9.88. The fourth-order valence-corrected chi connectivity index (χ4v) is 3.06. The summed E-state index contributed by atoms with van der Waals surface area (Å²) < 4.78 is 0. The number of para-hydroxylation sites is 1. The van der Waals surface area contributed by atoms with Crippen molar-refractivity contribution in [3.05, 3.63) is 36.0 Å². The summed E-state index contributed by atoms with van der Waals surface area (Å²) in [5.74, 6) is -4.32. The molecular formula is C20H26N4O6. The van der Waals surface area contributed by atoms with Crippen molar-refractivity contribution < 1.29 is 29.4 Å². The van der Waals surface area contributed by atoms with Crippen molar-refractivity contribution in [1.29, 1.82) is 0 Å². The van der Waals surface area contributed by atoms with E-state index in [-0.39, 0.29) is 12.3 Å². The molecule has 1 aromatic carbocycles. The Hall–Kier alpha value is -3.40. The third-order valence-electron chi connectivity index (χ3n) is 4.69. The van der Waals surface area contributed by atoms with E-state index in [1.54, 1.807) is 20.0 Å². The van der Waals surface area contributed by atoms with Crippen LogP contribution < -0.4 is 16.4 Å². The smallest absolute Gasteiger partial charge is 0.326 e. The highest BCUT2D eigenvalue weighted by Gasteiger charge is 2.30. The van der Waals surface area contributed by atoms with Gasteiger partial charge in [0.05, 0.1) is 12.5 Å². The van der Waals surface area contributed by atoms with Crippen LogP contribution in [0.5, 0.6) is 0 Å². The van der Waals surface area contributed by atoms with Gasteiger partial charge < -0.3 is 31.6 Å². The van der Waals surface area contributed by atoms with Gasteiger partial charge in [0.2, 0.25) is 11.8 Å². The molecule has 30 heavy (non-hydrogen) atoms. The molecule has 0 radical (unpaired) electrons. The number of aromatic amines is 1. The van der Waals surface area contributed by atoms with Crippen molar-refractivity contribution >= 4 is 34.7 Å². The van der Waals surface area contributed by atoms with Gasteiger partial charge in [0.25, 0.3) is 0 Å². The summed E-state index contributed by atoms with van der Waals surface area (Å²) in [7, 11) is 0. The van der Waals surface area contributed by atoms with Crippen molar-refractivity contribution in [3.63, 3.8) is 0 Å². The number of H-pyrrole nitrogens is 1. The van der Waals surface area contributed by atoms with Crippen LogP contribution >= 0.6 is 0 Å². The zero-order chi connectivity index (χ0) is 22.4. The number of amides is 2.